The van der Waals surface area contributed by atoms with Crippen LogP contribution in [-0.2, 0) is 19.1 Å². The van der Waals surface area contributed by atoms with Gasteiger partial charge in [-0.25, -0.2) is 0 Å². The molecule has 1 aromatic rings. The van der Waals surface area contributed by atoms with E-state index < -0.39 is 0 Å². The molecule has 2 aliphatic heterocycles. The van der Waals surface area contributed by atoms with Gasteiger partial charge in [0.1, 0.15) is 12.4 Å². The van der Waals surface area contributed by atoms with E-state index in [2.05, 4.69) is 5.32 Å². The topological polar surface area (TPSA) is 97.4 Å². The highest BCUT2D eigenvalue weighted by molar-refractivity contribution is 5.98. The molecule has 1 saturated heterocycles. The number of methoxy groups -OCH3 is 1. The molecule has 1 fully saturated rings. The van der Waals surface area contributed by atoms with Crippen LogP contribution in [0.2, 0.25) is 0 Å². The van der Waals surface area contributed by atoms with Gasteiger partial charge in [0.2, 0.25) is 11.8 Å². The number of nitrogens with one attached hydrogen (secondary N) is 1. The highest BCUT2D eigenvalue weighted by Gasteiger charge is 2.30. The lowest BCUT2D eigenvalue weighted by atomic mass is 9.99. The number of hydrogen-bond acceptors (Lipinski definition) is 6. The molecule has 3 rings (SSSR count). The highest BCUT2D eigenvalue weighted by atomic mass is 16.5. The summed E-state index contributed by atoms with van der Waals surface area (Å²) in [6.07, 6.45) is 1.54. The Balaban J connectivity index is 1.89. The van der Waals surface area contributed by atoms with Gasteiger partial charge < -0.3 is 29.3 Å². The molecule has 0 bridgehead atoms. The van der Waals surface area contributed by atoms with Gasteiger partial charge in [-0.2, -0.15) is 0 Å². The first-order chi connectivity index (χ1) is 16.7. The third-order valence-electron chi connectivity index (χ3n) is 6.93. The van der Waals surface area contributed by atoms with Crippen molar-refractivity contribution in [3.05, 3.63) is 23.8 Å². The minimum absolute atomic E-state index is 0.0230. The van der Waals surface area contributed by atoms with Crippen LogP contribution in [0.5, 0.6) is 5.75 Å². The van der Waals surface area contributed by atoms with Crippen molar-refractivity contribution in [1.82, 2.24) is 9.80 Å². The van der Waals surface area contributed by atoms with Crippen LogP contribution < -0.4 is 10.1 Å². The lowest BCUT2D eigenvalue weighted by Crippen LogP contribution is -2.48. The Labute approximate surface area is 208 Å². The minimum Gasteiger partial charge on any atom is -0.491 e. The van der Waals surface area contributed by atoms with Crippen LogP contribution in [-0.4, -0.2) is 86.7 Å². The zero-order chi connectivity index (χ0) is 25.5. The van der Waals surface area contributed by atoms with Gasteiger partial charge in [-0.05, 0) is 31.9 Å². The number of ether oxygens (including phenoxy) is 3. The van der Waals surface area contributed by atoms with Crippen molar-refractivity contribution >= 4 is 23.4 Å². The van der Waals surface area contributed by atoms with Crippen molar-refractivity contribution < 1.29 is 28.6 Å². The molecule has 194 valence electrons. The van der Waals surface area contributed by atoms with Crippen LogP contribution in [0.3, 0.4) is 0 Å². The number of anilines is 1. The van der Waals surface area contributed by atoms with Gasteiger partial charge in [0.25, 0.3) is 5.91 Å². The molecular weight excluding hydrogens is 450 g/mol. The Kier molecular flexibility index (Phi) is 9.51. The van der Waals surface area contributed by atoms with Crippen LogP contribution in [0.15, 0.2) is 18.2 Å². The Morgan fingerprint density at radius 3 is 2.54 bits per heavy atom. The average Bonchev–Trinajstić information content (AvgIpc) is 2.87. The summed E-state index contributed by atoms with van der Waals surface area (Å²) in [6.45, 7) is 8.08. The average molecular weight is 490 g/mol. The fourth-order valence-corrected chi connectivity index (χ4v) is 4.60. The molecule has 0 spiro atoms. The number of rotatable bonds is 4. The fourth-order valence-electron chi connectivity index (χ4n) is 4.60. The van der Waals surface area contributed by atoms with Crippen molar-refractivity contribution in [3.8, 4) is 5.75 Å². The number of amides is 3. The van der Waals surface area contributed by atoms with E-state index in [1.165, 1.54) is 0 Å². The highest BCUT2D eigenvalue weighted by Crippen LogP contribution is 2.28. The molecule has 0 aliphatic carbocycles. The van der Waals surface area contributed by atoms with Gasteiger partial charge in [-0.15, -0.1) is 0 Å². The van der Waals surface area contributed by atoms with E-state index in [4.69, 9.17) is 14.2 Å². The Hall–Kier alpha value is -2.65. The van der Waals surface area contributed by atoms with Gasteiger partial charge in [-0.1, -0.05) is 13.8 Å². The second-order valence-corrected chi connectivity index (χ2v) is 9.58. The molecule has 3 amide bonds. The van der Waals surface area contributed by atoms with E-state index in [-0.39, 0.29) is 48.3 Å². The van der Waals surface area contributed by atoms with Crippen LogP contribution in [0, 0.1) is 11.8 Å². The Morgan fingerprint density at radius 2 is 1.89 bits per heavy atom. The Morgan fingerprint density at radius 1 is 1.17 bits per heavy atom. The van der Waals surface area contributed by atoms with E-state index in [0.29, 0.717) is 62.6 Å². The predicted octanol–water partition coefficient (Wildman–Crippen LogP) is 2.79. The summed E-state index contributed by atoms with van der Waals surface area (Å²) in [6, 6.07) is 4.90. The van der Waals surface area contributed by atoms with Crippen molar-refractivity contribution in [3.63, 3.8) is 0 Å². The quantitative estimate of drug-likeness (QED) is 0.699. The van der Waals surface area contributed by atoms with Crippen LogP contribution in [0.4, 0.5) is 5.69 Å². The van der Waals surface area contributed by atoms with Gasteiger partial charge in [0.15, 0.2) is 0 Å². The summed E-state index contributed by atoms with van der Waals surface area (Å²) >= 11 is 0. The van der Waals surface area contributed by atoms with Crippen LogP contribution in [0.25, 0.3) is 0 Å². The van der Waals surface area contributed by atoms with Gasteiger partial charge in [-0.3, -0.25) is 14.4 Å². The first-order valence-corrected chi connectivity index (χ1v) is 12.5. The molecule has 1 N–H and O–H groups in total. The summed E-state index contributed by atoms with van der Waals surface area (Å²) in [4.78, 5) is 42.2. The van der Waals surface area contributed by atoms with Gasteiger partial charge >= 0.3 is 0 Å². The number of carbonyl (C=O) groups is 3. The van der Waals surface area contributed by atoms with Crippen LogP contribution in [0.1, 0.15) is 50.4 Å². The second kappa shape index (κ2) is 12.4. The maximum Gasteiger partial charge on any atom is 0.257 e. The largest absolute Gasteiger partial charge is 0.491 e. The van der Waals surface area contributed by atoms with Crippen molar-refractivity contribution in [1.29, 1.82) is 0 Å². The molecule has 1 aromatic carbocycles. The van der Waals surface area contributed by atoms with E-state index in [9.17, 15) is 14.4 Å². The van der Waals surface area contributed by atoms with E-state index in [1.807, 2.05) is 25.7 Å². The zero-order valence-electron chi connectivity index (χ0n) is 21.5. The SMILES string of the molecule is CCC(=O)N1C[C@H](C)[C@@H](OC)CN(C)C(=O)c2ccc(NC(=O)C3CCOCC3)cc2OC[C@@H]1C. The third kappa shape index (κ3) is 6.73. The van der Waals surface area contributed by atoms with Crippen molar-refractivity contribution in [2.24, 2.45) is 11.8 Å². The molecule has 0 aromatic heterocycles. The molecule has 9 nitrogen and oxygen atoms in total. The summed E-state index contributed by atoms with van der Waals surface area (Å²) in [7, 11) is 3.36. The van der Waals surface area contributed by atoms with Gasteiger partial charge in [0, 0.05) is 70.5 Å². The number of likely N-dealkylation sites (N-methyl/N-ethyl adjacent to an activating group) is 1. The smallest absolute Gasteiger partial charge is 0.257 e. The maximum absolute atomic E-state index is 13.3. The van der Waals surface area contributed by atoms with Gasteiger partial charge in [0.05, 0.1) is 17.7 Å². The molecule has 2 heterocycles. The lowest BCUT2D eigenvalue weighted by Gasteiger charge is -2.36. The summed E-state index contributed by atoms with van der Waals surface area (Å²) in [5.41, 5.74) is 0.973. The zero-order valence-corrected chi connectivity index (χ0v) is 21.5. The van der Waals surface area contributed by atoms with Crippen LogP contribution >= 0.6 is 0 Å². The Bertz CT molecular complexity index is 901. The molecule has 0 unspecified atom stereocenters. The summed E-state index contributed by atoms with van der Waals surface area (Å²) in [5, 5.41) is 2.96. The predicted molar refractivity (Wildman–Crippen MR) is 132 cm³/mol. The van der Waals surface area contributed by atoms with E-state index in [0.717, 1.165) is 0 Å². The first-order valence-electron chi connectivity index (χ1n) is 12.5. The maximum atomic E-state index is 13.3. The van der Waals surface area contributed by atoms with E-state index >= 15 is 0 Å². The normalized spacial score (nSPS) is 24.6. The monoisotopic (exact) mass is 489 g/mol. The fraction of sp³-hybridized carbons (Fsp3) is 0.654. The number of hydrogen-bond donors (Lipinski definition) is 1. The molecule has 0 radical (unpaired) electrons. The molecule has 2 aliphatic rings. The van der Waals surface area contributed by atoms with E-state index in [1.54, 1.807) is 37.3 Å². The molecule has 35 heavy (non-hydrogen) atoms. The molecular formula is C26H39N3O6. The second-order valence-electron chi connectivity index (χ2n) is 9.58. The van der Waals surface area contributed by atoms with Crippen molar-refractivity contribution in [2.45, 2.75) is 52.2 Å². The number of nitrogens with zero attached hydrogens (tertiary/aromatic N) is 2. The summed E-state index contributed by atoms with van der Waals surface area (Å²) < 4.78 is 17.2. The first kappa shape index (κ1) is 26.9. The molecule has 9 heteroatoms. The number of fused-ring (bicyclic) bond motifs is 1. The minimum atomic E-state index is -0.231. The number of benzene rings is 1. The summed E-state index contributed by atoms with van der Waals surface area (Å²) in [5.74, 6) is 0.1000. The third-order valence-corrected chi connectivity index (χ3v) is 6.93. The molecule has 0 saturated carbocycles. The lowest BCUT2D eigenvalue weighted by molar-refractivity contribution is -0.135. The van der Waals surface area contributed by atoms with Crippen molar-refractivity contribution in [2.75, 3.05) is 52.4 Å². The molecule has 3 atom stereocenters. The standard InChI is InChI=1S/C26H39N3O6/c1-6-24(30)29-14-17(2)23(33-5)15-28(4)26(32)21-8-7-20(13-22(21)35-16-18(29)3)27-25(31)19-9-11-34-12-10-19/h7-8,13,17-19,23H,6,9-12,14-16H2,1-5H3,(H,27,31)/t17-,18-,23-/m0/s1. The number of carbonyl (C=O) groups excluding carboxylic acids is 3.